The topological polar surface area (TPSA) is 57.5 Å². The second-order valence-corrected chi connectivity index (χ2v) is 8.09. The Balaban J connectivity index is 1.30. The molecule has 0 atom stereocenters. The molecule has 1 heterocycles. The molecule has 0 radical (unpaired) electrons. The van der Waals surface area contributed by atoms with E-state index in [4.69, 9.17) is 9.47 Å². The molecule has 1 aliphatic carbocycles. The van der Waals surface area contributed by atoms with E-state index >= 15 is 0 Å². The summed E-state index contributed by atoms with van der Waals surface area (Å²) in [5.41, 5.74) is 6.31. The molecule has 6 nitrogen and oxygen atoms in total. The van der Waals surface area contributed by atoms with Gasteiger partial charge in [-0.25, -0.2) is 0 Å². The third-order valence-corrected chi connectivity index (χ3v) is 6.33. The van der Waals surface area contributed by atoms with E-state index in [0.717, 1.165) is 31.7 Å². The quantitative estimate of drug-likeness (QED) is 0.618. The Kier molecular flexibility index (Phi) is 5.45. The molecule has 0 unspecified atom stereocenters. The summed E-state index contributed by atoms with van der Waals surface area (Å²) in [5.74, 6) is 0.737. The van der Waals surface area contributed by atoms with Crippen molar-refractivity contribution in [3.63, 3.8) is 0 Å². The average Bonchev–Trinajstić information content (AvgIpc) is 3.18. The lowest BCUT2D eigenvalue weighted by molar-refractivity contribution is 0.114. The van der Waals surface area contributed by atoms with Crippen molar-refractivity contribution in [1.29, 1.82) is 0 Å². The highest BCUT2D eigenvalue weighted by Crippen LogP contribution is 2.46. The average molecular weight is 430 g/mol. The van der Waals surface area contributed by atoms with E-state index in [1.165, 1.54) is 36.5 Å². The standard InChI is InChI=1S/C26H27N3O3/c1-31-23-15-18(16-24(32-2)26(23)30)17-27-29-13-11-28(12-14-29)25-21-9-5-3-7-19(21)20-8-4-6-10-22(20)25/h3-10,15-17,25,30H,11-14H2,1-2H3/b27-17-. The smallest absolute Gasteiger partial charge is 0.200 e. The zero-order valence-corrected chi connectivity index (χ0v) is 18.4. The van der Waals surface area contributed by atoms with E-state index < -0.39 is 0 Å². The maximum absolute atomic E-state index is 10.1. The largest absolute Gasteiger partial charge is 0.502 e. The van der Waals surface area contributed by atoms with Gasteiger partial charge in [0.15, 0.2) is 11.5 Å². The van der Waals surface area contributed by atoms with Gasteiger partial charge >= 0.3 is 0 Å². The van der Waals surface area contributed by atoms with Crippen LogP contribution in [0.25, 0.3) is 11.1 Å². The molecule has 0 aromatic heterocycles. The lowest BCUT2D eigenvalue weighted by atomic mass is 10.0. The van der Waals surface area contributed by atoms with Crippen molar-refractivity contribution in [2.75, 3.05) is 40.4 Å². The molecule has 0 amide bonds. The minimum atomic E-state index is -0.00195. The predicted molar refractivity (Wildman–Crippen MR) is 126 cm³/mol. The summed E-state index contributed by atoms with van der Waals surface area (Å²) < 4.78 is 10.5. The number of hydrogen-bond donors (Lipinski definition) is 1. The van der Waals surface area contributed by atoms with Gasteiger partial charge in [-0.1, -0.05) is 48.5 Å². The van der Waals surface area contributed by atoms with E-state index in [1.807, 2.05) is 0 Å². The Labute approximate surface area is 188 Å². The Morgan fingerprint density at radius 2 is 1.38 bits per heavy atom. The van der Waals surface area contributed by atoms with Crippen molar-refractivity contribution >= 4 is 6.21 Å². The number of fused-ring (bicyclic) bond motifs is 3. The van der Waals surface area contributed by atoms with Gasteiger partial charge in [0, 0.05) is 31.7 Å². The molecule has 2 aliphatic rings. The van der Waals surface area contributed by atoms with E-state index in [1.54, 1.807) is 18.3 Å². The van der Waals surface area contributed by atoms with Gasteiger partial charge in [0.05, 0.1) is 26.5 Å². The number of phenols is 1. The van der Waals surface area contributed by atoms with Crippen LogP contribution in [0.15, 0.2) is 65.8 Å². The molecule has 1 saturated heterocycles. The zero-order chi connectivity index (χ0) is 22.1. The number of hydrogen-bond acceptors (Lipinski definition) is 6. The fourth-order valence-electron chi connectivity index (χ4n) is 4.74. The summed E-state index contributed by atoms with van der Waals surface area (Å²) in [4.78, 5) is 2.56. The second kappa shape index (κ2) is 8.55. The molecule has 0 saturated carbocycles. The monoisotopic (exact) mass is 429 g/mol. The molecule has 3 aromatic rings. The first-order valence-corrected chi connectivity index (χ1v) is 10.9. The van der Waals surface area contributed by atoms with Gasteiger partial charge in [-0.3, -0.25) is 9.91 Å². The number of phenolic OH excluding ortho intramolecular Hbond substituents is 1. The molecule has 1 fully saturated rings. The molecule has 6 heteroatoms. The van der Waals surface area contributed by atoms with E-state index in [-0.39, 0.29) is 5.75 Å². The van der Waals surface area contributed by atoms with Crippen LogP contribution in [0.4, 0.5) is 0 Å². The number of hydrazone groups is 1. The van der Waals surface area contributed by atoms with Gasteiger partial charge in [-0.05, 0) is 34.4 Å². The van der Waals surface area contributed by atoms with Crippen molar-refractivity contribution in [3.05, 3.63) is 77.4 Å². The Morgan fingerprint density at radius 1 is 0.844 bits per heavy atom. The van der Waals surface area contributed by atoms with Crippen LogP contribution in [0.1, 0.15) is 22.7 Å². The third-order valence-electron chi connectivity index (χ3n) is 6.33. The highest BCUT2D eigenvalue weighted by molar-refractivity contribution is 5.82. The fraction of sp³-hybridized carbons (Fsp3) is 0.269. The first-order chi connectivity index (χ1) is 15.7. The normalized spacial score (nSPS) is 16.2. The molecule has 5 rings (SSSR count). The highest BCUT2D eigenvalue weighted by atomic mass is 16.5. The molecule has 1 aliphatic heterocycles. The number of benzene rings is 3. The van der Waals surface area contributed by atoms with E-state index in [2.05, 4.69) is 63.5 Å². The van der Waals surface area contributed by atoms with Gasteiger partial charge in [-0.15, -0.1) is 0 Å². The Morgan fingerprint density at radius 3 is 1.91 bits per heavy atom. The zero-order valence-electron chi connectivity index (χ0n) is 18.4. The van der Waals surface area contributed by atoms with Crippen molar-refractivity contribution in [2.45, 2.75) is 6.04 Å². The molecular formula is C26H27N3O3. The van der Waals surface area contributed by atoms with Gasteiger partial charge < -0.3 is 14.6 Å². The molecule has 0 bridgehead atoms. The number of ether oxygens (including phenoxy) is 2. The highest BCUT2D eigenvalue weighted by Gasteiger charge is 2.33. The molecule has 3 aromatic carbocycles. The first-order valence-electron chi connectivity index (χ1n) is 10.9. The fourth-order valence-corrected chi connectivity index (χ4v) is 4.74. The second-order valence-electron chi connectivity index (χ2n) is 8.09. The maximum Gasteiger partial charge on any atom is 0.200 e. The van der Waals surface area contributed by atoms with Gasteiger partial charge in [0.1, 0.15) is 0 Å². The first kappa shape index (κ1) is 20.4. The number of nitrogens with zero attached hydrogens (tertiary/aromatic N) is 3. The minimum absolute atomic E-state index is 0.00195. The van der Waals surface area contributed by atoms with Crippen molar-refractivity contribution < 1.29 is 14.6 Å². The summed E-state index contributed by atoms with van der Waals surface area (Å²) in [6, 6.07) is 21.3. The van der Waals surface area contributed by atoms with Crippen molar-refractivity contribution in [3.8, 4) is 28.4 Å². The van der Waals surface area contributed by atoms with Crippen LogP contribution >= 0.6 is 0 Å². The Hall–Kier alpha value is -3.51. The number of rotatable bonds is 5. The lowest BCUT2D eigenvalue weighted by Gasteiger charge is -2.37. The van der Waals surface area contributed by atoms with Crippen LogP contribution in [-0.2, 0) is 0 Å². The summed E-state index contributed by atoms with van der Waals surface area (Å²) in [7, 11) is 3.04. The van der Waals surface area contributed by atoms with E-state index in [9.17, 15) is 5.11 Å². The van der Waals surface area contributed by atoms with Gasteiger partial charge in [-0.2, -0.15) is 5.10 Å². The van der Waals surface area contributed by atoms with Crippen molar-refractivity contribution in [1.82, 2.24) is 9.91 Å². The van der Waals surface area contributed by atoms with Crippen LogP contribution in [0.5, 0.6) is 17.2 Å². The minimum Gasteiger partial charge on any atom is -0.502 e. The molecular weight excluding hydrogens is 402 g/mol. The summed E-state index contributed by atoms with van der Waals surface area (Å²) in [6.45, 7) is 3.58. The summed E-state index contributed by atoms with van der Waals surface area (Å²) in [6.07, 6.45) is 1.79. The van der Waals surface area contributed by atoms with Gasteiger partial charge in [0.25, 0.3) is 0 Å². The van der Waals surface area contributed by atoms with Crippen molar-refractivity contribution in [2.24, 2.45) is 5.10 Å². The maximum atomic E-state index is 10.1. The van der Waals surface area contributed by atoms with Crippen LogP contribution in [0, 0.1) is 0 Å². The Bertz CT molecular complexity index is 1080. The number of piperazine rings is 1. The predicted octanol–water partition coefficient (Wildman–Crippen LogP) is 4.13. The number of methoxy groups -OCH3 is 2. The molecule has 0 spiro atoms. The van der Waals surface area contributed by atoms with Crippen LogP contribution in [-0.4, -0.2) is 61.6 Å². The molecule has 164 valence electrons. The molecule has 32 heavy (non-hydrogen) atoms. The SMILES string of the molecule is COc1cc(/C=N\N2CCN(C3c4ccccc4-c4ccccc43)CC2)cc(OC)c1O. The third kappa shape index (κ3) is 3.56. The van der Waals surface area contributed by atoms with Crippen LogP contribution in [0.3, 0.4) is 0 Å². The van der Waals surface area contributed by atoms with Crippen LogP contribution in [0.2, 0.25) is 0 Å². The summed E-state index contributed by atoms with van der Waals surface area (Å²) in [5, 5.41) is 16.9. The molecule has 1 N–H and O–H groups in total. The van der Waals surface area contributed by atoms with E-state index in [0.29, 0.717) is 17.5 Å². The number of aromatic hydroxyl groups is 1. The van der Waals surface area contributed by atoms with Gasteiger partial charge in [0.2, 0.25) is 5.75 Å². The van der Waals surface area contributed by atoms with Crippen LogP contribution < -0.4 is 9.47 Å². The lowest BCUT2D eigenvalue weighted by Crippen LogP contribution is -2.45. The summed E-state index contributed by atoms with van der Waals surface area (Å²) >= 11 is 0.